The maximum absolute atomic E-state index is 13.0. The average molecular weight is 436 g/mol. The summed E-state index contributed by atoms with van der Waals surface area (Å²) in [7, 11) is -6.67. The lowest BCUT2D eigenvalue weighted by atomic mass is 10.1. The molecule has 0 atom stereocenters. The minimum absolute atomic E-state index is 0.302. The van der Waals surface area contributed by atoms with Gasteiger partial charge in [-0.1, -0.05) is 36.4 Å². The summed E-state index contributed by atoms with van der Waals surface area (Å²) >= 11 is 0. The summed E-state index contributed by atoms with van der Waals surface area (Å²) in [5, 5.41) is 0. The maximum atomic E-state index is 13.0. The second-order valence-corrected chi connectivity index (χ2v) is 11.5. The molecule has 1 saturated heterocycles. The van der Waals surface area contributed by atoms with Crippen molar-refractivity contribution < 1.29 is 16.8 Å². The van der Waals surface area contributed by atoms with Crippen LogP contribution in [0.5, 0.6) is 0 Å². The van der Waals surface area contributed by atoms with Crippen LogP contribution in [-0.4, -0.2) is 62.8 Å². The minimum atomic E-state index is -3.53. The number of piperazine rings is 1. The minimum Gasteiger partial charge on any atom is -0.296 e. The van der Waals surface area contributed by atoms with E-state index in [1.165, 1.54) is 14.9 Å². The van der Waals surface area contributed by atoms with Crippen LogP contribution in [0.2, 0.25) is 0 Å². The molecule has 0 radical (unpaired) electrons. The number of fused-ring (bicyclic) bond motifs is 1. The highest BCUT2D eigenvalue weighted by Gasteiger charge is 2.30. The van der Waals surface area contributed by atoms with Crippen LogP contribution in [0.3, 0.4) is 0 Å². The van der Waals surface area contributed by atoms with Gasteiger partial charge in [-0.3, -0.25) is 4.90 Å². The van der Waals surface area contributed by atoms with Gasteiger partial charge in [0, 0.05) is 45.8 Å². The van der Waals surface area contributed by atoms with Crippen molar-refractivity contribution in [3.8, 4) is 0 Å². The molecule has 4 rings (SSSR count). The van der Waals surface area contributed by atoms with E-state index >= 15 is 0 Å². The van der Waals surface area contributed by atoms with Gasteiger partial charge >= 0.3 is 0 Å². The smallest absolute Gasteiger partial charge is 0.243 e. The number of benzene rings is 2. The quantitative estimate of drug-likeness (QED) is 0.711. The molecule has 156 valence electrons. The van der Waals surface area contributed by atoms with Gasteiger partial charge in [0.1, 0.15) is 0 Å². The van der Waals surface area contributed by atoms with E-state index in [2.05, 4.69) is 4.90 Å². The van der Waals surface area contributed by atoms with Crippen molar-refractivity contribution in [2.75, 3.05) is 32.4 Å². The van der Waals surface area contributed by atoms with E-state index in [0.717, 1.165) is 16.7 Å². The van der Waals surface area contributed by atoms with E-state index in [-0.39, 0.29) is 0 Å². The molecule has 2 aliphatic heterocycles. The number of rotatable bonds is 5. The van der Waals surface area contributed by atoms with Crippen LogP contribution >= 0.6 is 0 Å². The summed E-state index contributed by atoms with van der Waals surface area (Å²) in [6.45, 7) is 3.79. The molecule has 0 saturated carbocycles. The Morgan fingerprint density at radius 2 is 1.31 bits per heavy atom. The molecule has 2 aromatic rings. The van der Waals surface area contributed by atoms with Crippen molar-refractivity contribution in [1.82, 2.24) is 13.5 Å². The van der Waals surface area contributed by atoms with Crippen molar-refractivity contribution >= 4 is 20.0 Å². The number of hydrogen-bond donors (Lipinski definition) is 0. The van der Waals surface area contributed by atoms with Crippen LogP contribution < -0.4 is 0 Å². The van der Waals surface area contributed by atoms with Crippen molar-refractivity contribution in [2.24, 2.45) is 0 Å². The fourth-order valence-corrected chi connectivity index (χ4v) is 6.09. The molecule has 2 heterocycles. The van der Waals surface area contributed by atoms with E-state index in [0.29, 0.717) is 50.7 Å². The van der Waals surface area contributed by atoms with Crippen molar-refractivity contribution in [3.63, 3.8) is 0 Å². The zero-order valence-corrected chi connectivity index (χ0v) is 18.0. The fraction of sp³-hybridized carbons (Fsp3) is 0.400. The van der Waals surface area contributed by atoms with E-state index in [4.69, 9.17) is 0 Å². The predicted octanol–water partition coefficient (Wildman–Crippen LogP) is 1.47. The number of hydrogen-bond acceptors (Lipinski definition) is 5. The summed E-state index contributed by atoms with van der Waals surface area (Å²) < 4.78 is 52.2. The standard InChI is InChI=1S/C20H25N3O4S2/c1-28(24,25)22-12-10-21(11-13-22)14-17-6-8-20(9-7-17)29(26,27)23-15-18-4-2-3-5-19(18)16-23/h2-9H,10-16H2,1H3. The van der Waals surface area contributed by atoms with Gasteiger partial charge in [0.2, 0.25) is 20.0 Å². The molecule has 0 spiro atoms. The van der Waals surface area contributed by atoms with Gasteiger partial charge in [0.25, 0.3) is 0 Å². The Hall–Kier alpha value is -1.78. The molecule has 0 aromatic heterocycles. The monoisotopic (exact) mass is 435 g/mol. The first-order valence-electron chi connectivity index (χ1n) is 9.57. The Balaban J connectivity index is 1.40. The lowest BCUT2D eigenvalue weighted by Crippen LogP contribution is -2.47. The van der Waals surface area contributed by atoms with Crippen LogP contribution in [0.1, 0.15) is 16.7 Å². The Labute approximate surface area is 172 Å². The largest absolute Gasteiger partial charge is 0.296 e. The molecule has 0 bridgehead atoms. The Morgan fingerprint density at radius 1 is 0.759 bits per heavy atom. The molecule has 1 fully saturated rings. The molecule has 7 nitrogen and oxygen atoms in total. The lowest BCUT2D eigenvalue weighted by Gasteiger charge is -2.33. The molecule has 2 aromatic carbocycles. The Morgan fingerprint density at radius 3 is 1.83 bits per heavy atom. The molecular formula is C20H25N3O4S2. The third kappa shape index (κ3) is 4.39. The highest BCUT2D eigenvalue weighted by molar-refractivity contribution is 7.89. The molecule has 0 aliphatic carbocycles. The van der Waals surface area contributed by atoms with Gasteiger partial charge in [-0.25, -0.2) is 16.8 Å². The van der Waals surface area contributed by atoms with E-state index in [9.17, 15) is 16.8 Å². The van der Waals surface area contributed by atoms with Crippen LogP contribution in [0.15, 0.2) is 53.4 Å². The Bertz CT molecular complexity index is 1070. The summed E-state index contributed by atoms with van der Waals surface area (Å²) in [6.07, 6.45) is 1.24. The first-order valence-corrected chi connectivity index (χ1v) is 12.9. The maximum Gasteiger partial charge on any atom is 0.243 e. The zero-order valence-electron chi connectivity index (χ0n) is 16.4. The van der Waals surface area contributed by atoms with Crippen LogP contribution in [0, 0.1) is 0 Å². The van der Waals surface area contributed by atoms with Gasteiger partial charge in [0.15, 0.2) is 0 Å². The molecular weight excluding hydrogens is 410 g/mol. The number of nitrogens with zero attached hydrogens (tertiary/aromatic N) is 3. The zero-order chi connectivity index (χ0) is 20.6. The molecule has 29 heavy (non-hydrogen) atoms. The van der Waals surface area contributed by atoms with Crippen LogP contribution in [0.4, 0.5) is 0 Å². The van der Waals surface area contributed by atoms with Gasteiger partial charge in [-0.2, -0.15) is 8.61 Å². The third-order valence-corrected chi connectivity index (χ3v) is 8.69. The first-order chi connectivity index (χ1) is 13.7. The number of sulfonamides is 2. The van der Waals surface area contributed by atoms with E-state index in [1.807, 2.05) is 36.4 Å². The molecule has 0 unspecified atom stereocenters. The molecule has 0 amide bonds. The second kappa shape index (κ2) is 7.81. The van der Waals surface area contributed by atoms with E-state index < -0.39 is 20.0 Å². The van der Waals surface area contributed by atoms with Gasteiger partial charge < -0.3 is 0 Å². The van der Waals surface area contributed by atoms with Crippen LogP contribution in [0.25, 0.3) is 0 Å². The Kier molecular flexibility index (Phi) is 5.52. The average Bonchev–Trinajstić information content (AvgIpc) is 3.13. The fourth-order valence-electron chi connectivity index (χ4n) is 3.87. The first kappa shape index (κ1) is 20.5. The molecule has 2 aliphatic rings. The van der Waals surface area contributed by atoms with Crippen LogP contribution in [-0.2, 0) is 39.7 Å². The highest BCUT2D eigenvalue weighted by Crippen LogP contribution is 2.28. The summed E-state index contributed by atoms with van der Waals surface area (Å²) in [4.78, 5) is 2.48. The highest BCUT2D eigenvalue weighted by atomic mass is 32.2. The predicted molar refractivity (Wildman–Crippen MR) is 111 cm³/mol. The summed E-state index contributed by atoms with van der Waals surface area (Å²) in [5.74, 6) is 0. The van der Waals surface area contributed by atoms with Crippen molar-refractivity contribution in [1.29, 1.82) is 0 Å². The molecule has 9 heteroatoms. The van der Waals surface area contributed by atoms with Crippen molar-refractivity contribution in [3.05, 3.63) is 65.2 Å². The lowest BCUT2D eigenvalue weighted by molar-refractivity contribution is 0.182. The topological polar surface area (TPSA) is 78.0 Å². The van der Waals surface area contributed by atoms with Gasteiger partial charge in [-0.05, 0) is 28.8 Å². The summed E-state index contributed by atoms with van der Waals surface area (Å²) in [5.41, 5.74) is 3.13. The van der Waals surface area contributed by atoms with Gasteiger partial charge in [-0.15, -0.1) is 0 Å². The van der Waals surface area contributed by atoms with Crippen molar-refractivity contribution in [2.45, 2.75) is 24.5 Å². The normalized spacial score (nSPS) is 19.3. The van der Waals surface area contributed by atoms with Gasteiger partial charge in [0.05, 0.1) is 11.2 Å². The second-order valence-electron chi connectivity index (χ2n) is 7.62. The molecule has 0 N–H and O–H groups in total. The SMILES string of the molecule is CS(=O)(=O)N1CCN(Cc2ccc(S(=O)(=O)N3Cc4ccccc4C3)cc2)CC1. The third-order valence-electron chi connectivity index (χ3n) is 5.58. The van der Waals surface area contributed by atoms with E-state index in [1.54, 1.807) is 12.1 Å². The summed E-state index contributed by atoms with van der Waals surface area (Å²) in [6, 6.07) is 14.8.